The van der Waals surface area contributed by atoms with Gasteiger partial charge >= 0.3 is 12.1 Å². The molecule has 3 N–H and O–H groups in total. The number of ether oxygens (including phenoxy) is 4. The highest BCUT2D eigenvalue weighted by molar-refractivity contribution is 5.96. The predicted molar refractivity (Wildman–Crippen MR) is 253 cm³/mol. The van der Waals surface area contributed by atoms with Crippen LogP contribution >= 0.6 is 0 Å². The lowest BCUT2D eigenvalue weighted by Gasteiger charge is -2.19. The standard InChI is InChI=1S/C22H28N4O3.C18H18F3NO4.C10H12O2/c1-4-24(5-2)13-14-25-21-12-9-18(26(27)28)16-20(21)23-22(25)15-17-7-10-19(11-8-17)29-6-3;19-18(20,21)13-4-3-5-14(12-13)22-16-7-2-1-6-15(16)17(24)26-11-10-25-9-8-23;1-3-4-8-5-6-9(11)10(7-8)12-2/h7-12,16H,4-6,13-15H2,1-3H3;1-7,12,22-23H,8-11H2;3,5-7,11H,1,4H2,2H3. The molecular formula is C50H58F3N5O9. The number of para-hydroxylation sites is 1. The number of alkyl halides is 3. The van der Waals surface area contributed by atoms with Crippen LogP contribution in [0.15, 0.2) is 122 Å². The van der Waals surface area contributed by atoms with E-state index in [0.717, 1.165) is 73.0 Å². The van der Waals surface area contributed by atoms with E-state index in [-0.39, 0.29) is 54.0 Å². The van der Waals surface area contributed by atoms with E-state index in [4.69, 9.17) is 29.0 Å². The Balaban J connectivity index is 0.000000237. The Kier molecular flexibility index (Phi) is 21.1. The molecule has 0 saturated carbocycles. The number of halogens is 3. The molecule has 0 atom stereocenters. The number of phenolic OH excluding ortho intramolecular Hbond substituents is 1. The molecule has 5 aromatic carbocycles. The number of anilines is 2. The van der Waals surface area contributed by atoms with Crippen molar-refractivity contribution in [2.45, 2.75) is 46.3 Å². The van der Waals surface area contributed by atoms with Crippen LogP contribution in [0.25, 0.3) is 11.0 Å². The highest BCUT2D eigenvalue weighted by Crippen LogP contribution is 2.32. The normalized spacial score (nSPS) is 10.9. The first kappa shape index (κ1) is 52.7. The van der Waals surface area contributed by atoms with Crippen LogP contribution in [0, 0.1) is 10.1 Å². The summed E-state index contributed by atoms with van der Waals surface area (Å²) in [5.74, 6) is 1.81. The molecule has 0 bridgehead atoms. The van der Waals surface area contributed by atoms with Crippen LogP contribution in [0.2, 0.25) is 0 Å². The zero-order chi connectivity index (χ0) is 48.8. The third-order valence-electron chi connectivity index (χ3n) is 10.1. The highest BCUT2D eigenvalue weighted by atomic mass is 19.4. The quantitative estimate of drug-likeness (QED) is 0.0206. The number of carbonyl (C=O) groups is 1. The van der Waals surface area contributed by atoms with Crippen LogP contribution in [-0.4, -0.2) is 95.3 Å². The molecule has 1 heterocycles. The summed E-state index contributed by atoms with van der Waals surface area (Å²) in [6.07, 6.45) is -1.19. The number of nitro groups is 1. The van der Waals surface area contributed by atoms with E-state index >= 15 is 0 Å². The van der Waals surface area contributed by atoms with Crippen molar-refractivity contribution in [3.8, 4) is 17.2 Å². The van der Waals surface area contributed by atoms with Gasteiger partial charge in [-0.05, 0) is 98.2 Å². The van der Waals surface area contributed by atoms with Gasteiger partial charge in [0.05, 0.1) is 66.3 Å². The number of hydrogen-bond acceptors (Lipinski definition) is 12. The average molecular weight is 930 g/mol. The second-order valence-electron chi connectivity index (χ2n) is 14.6. The summed E-state index contributed by atoms with van der Waals surface area (Å²) in [4.78, 5) is 30.1. The molecule has 14 nitrogen and oxygen atoms in total. The number of aromatic nitrogens is 2. The molecule has 0 aliphatic carbocycles. The fourth-order valence-corrected chi connectivity index (χ4v) is 6.65. The summed E-state index contributed by atoms with van der Waals surface area (Å²) in [5.41, 5.74) is 3.80. The van der Waals surface area contributed by atoms with Gasteiger partial charge in [0.25, 0.3) is 5.69 Å². The molecule has 1 aromatic heterocycles. The minimum absolute atomic E-state index is 0.00325. The SMILES string of the molecule is C=CCc1ccc(O)c(OC)c1.CCOc1ccc(Cc2nc3cc([N+](=O)[O-])ccc3n2CCN(CC)CC)cc1.O=C(OCCOCCO)c1ccccc1Nc1cccc(C(F)(F)F)c1. The smallest absolute Gasteiger partial charge is 0.416 e. The van der Waals surface area contributed by atoms with E-state index in [1.54, 1.807) is 42.5 Å². The minimum Gasteiger partial charge on any atom is -0.504 e. The number of hydrogen-bond donors (Lipinski definition) is 3. The Morgan fingerprint density at radius 3 is 2.31 bits per heavy atom. The number of fused-ring (bicyclic) bond motifs is 1. The summed E-state index contributed by atoms with van der Waals surface area (Å²) < 4.78 is 61.1. The third-order valence-corrected chi connectivity index (χ3v) is 10.1. The van der Waals surface area contributed by atoms with Crippen molar-refractivity contribution in [1.29, 1.82) is 0 Å². The number of aliphatic hydroxyl groups is 1. The van der Waals surface area contributed by atoms with Crippen LogP contribution in [-0.2, 0) is 35.0 Å². The largest absolute Gasteiger partial charge is 0.504 e. The van der Waals surface area contributed by atoms with E-state index in [1.807, 2.05) is 49.4 Å². The van der Waals surface area contributed by atoms with Gasteiger partial charge in [-0.1, -0.05) is 56.3 Å². The Morgan fingerprint density at radius 1 is 0.925 bits per heavy atom. The van der Waals surface area contributed by atoms with Crippen molar-refractivity contribution in [2.75, 3.05) is 65.1 Å². The van der Waals surface area contributed by atoms with Crippen molar-refractivity contribution >= 4 is 34.1 Å². The van der Waals surface area contributed by atoms with Gasteiger partial charge in [0.2, 0.25) is 0 Å². The second-order valence-corrected chi connectivity index (χ2v) is 14.6. The molecular weight excluding hydrogens is 872 g/mol. The number of imidazole rings is 1. The first-order chi connectivity index (χ1) is 32.2. The van der Waals surface area contributed by atoms with Crippen LogP contribution in [0.4, 0.5) is 30.2 Å². The number of nitrogens with zero attached hydrogens (tertiary/aromatic N) is 4. The molecule has 0 saturated heterocycles. The molecule has 6 aromatic rings. The second kappa shape index (κ2) is 26.9. The molecule has 0 unspecified atom stereocenters. The summed E-state index contributed by atoms with van der Waals surface area (Å²) >= 11 is 0. The summed E-state index contributed by atoms with van der Waals surface area (Å²) in [5, 5.41) is 31.8. The Labute approximate surface area is 388 Å². The average Bonchev–Trinajstić information content (AvgIpc) is 3.66. The Hall–Kier alpha value is -6.95. The van der Waals surface area contributed by atoms with Crippen molar-refractivity contribution in [3.63, 3.8) is 0 Å². The molecule has 17 heteroatoms. The van der Waals surface area contributed by atoms with Crippen molar-refractivity contribution in [1.82, 2.24) is 14.5 Å². The lowest BCUT2D eigenvalue weighted by Crippen LogP contribution is -2.27. The first-order valence-corrected chi connectivity index (χ1v) is 21.7. The van der Waals surface area contributed by atoms with Crippen LogP contribution in [0.5, 0.6) is 17.2 Å². The first-order valence-electron chi connectivity index (χ1n) is 21.7. The van der Waals surface area contributed by atoms with Gasteiger partial charge < -0.3 is 43.9 Å². The summed E-state index contributed by atoms with van der Waals surface area (Å²) in [6, 6.07) is 29.2. The van der Waals surface area contributed by atoms with Crippen molar-refractivity contribution in [2.24, 2.45) is 0 Å². The number of phenols is 1. The number of nitro benzene ring substituents is 1. The fourth-order valence-electron chi connectivity index (χ4n) is 6.65. The number of benzene rings is 5. The topological polar surface area (TPSA) is 171 Å². The number of carbonyl (C=O) groups excluding carboxylic acids is 1. The van der Waals surface area contributed by atoms with E-state index in [0.29, 0.717) is 30.0 Å². The lowest BCUT2D eigenvalue weighted by atomic mass is 10.1. The highest BCUT2D eigenvalue weighted by Gasteiger charge is 2.30. The molecule has 0 aliphatic heterocycles. The number of aliphatic hydroxyl groups excluding tert-OH is 1. The maximum Gasteiger partial charge on any atom is 0.416 e. The van der Waals surface area contributed by atoms with E-state index < -0.39 is 17.7 Å². The van der Waals surface area contributed by atoms with E-state index in [1.165, 1.54) is 25.3 Å². The maximum atomic E-state index is 12.8. The molecule has 0 amide bonds. The number of aromatic hydroxyl groups is 1. The van der Waals surface area contributed by atoms with Crippen molar-refractivity contribution < 1.29 is 52.0 Å². The molecule has 0 aliphatic rings. The molecule has 358 valence electrons. The van der Waals surface area contributed by atoms with Gasteiger partial charge in [-0.2, -0.15) is 13.2 Å². The number of allylic oxidation sites excluding steroid dienone is 1. The zero-order valence-electron chi connectivity index (χ0n) is 38.1. The maximum absolute atomic E-state index is 12.8. The number of likely N-dealkylation sites (N-methyl/N-ethyl adjacent to an activating group) is 1. The minimum atomic E-state index is -4.45. The number of rotatable bonds is 21. The van der Waals surface area contributed by atoms with Gasteiger partial charge in [-0.25, -0.2) is 9.78 Å². The van der Waals surface area contributed by atoms with Crippen molar-refractivity contribution in [3.05, 3.63) is 160 Å². The van der Waals surface area contributed by atoms with Gasteiger partial charge in [0.15, 0.2) is 11.5 Å². The molecule has 6 rings (SSSR count). The third kappa shape index (κ3) is 16.5. The van der Waals surface area contributed by atoms with Crippen LogP contribution in [0.3, 0.4) is 0 Å². The van der Waals surface area contributed by atoms with Gasteiger partial charge in [0.1, 0.15) is 18.2 Å². The molecule has 67 heavy (non-hydrogen) atoms. The number of non-ortho nitro benzene ring substituents is 1. The van der Waals surface area contributed by atoms with Crippen LogP contribution in [0.1, 0.15) is 53.6 Å². The van der Waals surface area contributed by atoms with Gasteiger partial charge in [-0.15, -0.1) is 6.58 Å². The Bertz CT molecular complexity index is 2490. The number of nitrogens with one attached hydrogen (secondary N) is 1. The summed E-state index contributed by atoms with van der Waals surface area (Å²) in [6.45, 7) is 14.4. The Morgan fingerprint density at radius 2 is 1.66 bits per heavy atom. The number of methoxy groups -OCH3 is 1. The molecule has 0 radical (unpaired) electrons. The predicted octanol–water partition coefficient (Wildman–Crippen LogP) is 10.0. The monoisotopic (exact) mass is 929 g/mol. The van der Waals surface area contributed by atoms with Gasteiger partial charge in [-0.3, -0.25) is 10.1 Å². The number of esters is 1. The molecule has 0 fully saturated rings. The zero-order valence-corrected chi connectivity index (χ0v) is 38.1. The van der Waals surface area contributed by atoms with E-state index in [9.17, 15) is 33.2 Å². The van der Waals surface area contributed by atoms with E-state index in [2.05, 4.69) is 35.2 Å². The van der Waals surface area contributed by atoms with Gasteiger partial charge in [0, 0.05) is 37.3 Å². The lowest BCUT2D eigenvalue weighted by molar-refractivity contribution is -0.384. The molecule has 0 spiro atoms. The summed E-state index contributed by atoms with van der Waals surface area (Å²) in [7, 11) is 1.53. The van der Waals surface area contributed by atoms with Crippen LogP contribution < -0.4 is 14.8 Å². The fraction of sp³-hybridized carbons (Fsp3) is 0.320.